The number of rotatable bonds is 10. The van der Waals surface area contributed by atoms with E-state index in [1.54, 1.807) is 36.2 Å². The number of urea groups is 1. The van der Waals surface area contributed by atoms with E-state index in [4.69, 9.17) is 0 Å². The quantitative estimate of drug-likeness (QED) is 0.482. The second kappa shape index (κ2) is 10.3. The van der Waals surface area contributed by atoms with Crippen LogP contribution in [0.3, 0.4) is 0 Å². The second-order valence-electron chi connectivity index (χ2n) is 5.22. The summed E-state index contributed by atoms with van der Waals surface area (Å²) < 4.78 is 0. The lowest BCUT2D eigenvalue weighted by molar-refractivity contribution is 0.242. The SMILES string of the molecule is Cc1nc[nH]c1CSCCNC(=O)NCCSCc1[nH]cnc1C. The molecule has 0 aliphatic carbocycles. The minimum Gasteiger partial charge on any atom is -0.348 e. The van der Waals surface area contributed by atoms with Gasteiger partial charge in [0.05, 0.1) is 24.0 Å². The van der Waals surface area contributed by atoms with Crippen molar-refractivity contribution >= 4 is 29.6 Å². The standard InChI is InChI=1S/C15H24N6OS2/c1-11-13(20-9-18-11)7-23-5-3-16-15(22)17-4-6-24-8-14-12(2)19-10-21-14/h9-10H,3-8H2,1-2H3,(H,18,20)(H,19,21)(H2,16,17,22). The first-order chi connectivity index (χ1) is 11.7. The third-order valence-electron chi connectivity index (χ3n) is 3.42. The molecule has 7 nitrogen and oxygen atoms in total. The van der Waals surface area contributed by atoms with Gasteiger partial charge in [-0.3, -0.25) is 0 Å². The number of carbonyl (C=O) groups excluding carboxylic acids is 1. The molecular weight excluding hydrogens is 344 g/mol. The molecule has 0 unspecified atom stereocenters. The van der Waals surface area contributed by atoms with E-state index in [0.29, 0.717) is 13.1 Å². The summed E-state index contributed by atoms with van der Waals surface area (Å²) >= 11 is 3.54. The van der Waals surface area contributed by atoms with Crippen molar-refractivity contribution in [2.24, 2.45) is 0 Å². The Bertz CT molecular complexity index is 575. The number of nitrogens with zero attached hydrogens (tertiary/aromatic N) is 2. The maximum absolute atomic E-state index is 11.7. The predicted molar refractivity (Wildman–Crippen MR) is 100 cm³/mol. The predicted octanol–water partition coefficient (Wildman–Crippen LogP) is 2.22. The molecule has 9 heteroatoms. The van der Waals surface area contributed by atoms with Crippen molar-refractivity contribution in [3.8, 4) is 0 Å². The number of hydrogen-bond donors (Lipinski definition) is 4. The molecule has 0 bridgehead atoms. The van der Waals surface area contributed by atoms with Crippen molar-refractivity contribution < 1.29 is 4.79 Å². The minimum atomic E-state index is -0.105. The molecule has 0 atom stereocenters. The van der Waals surface area contributed by atoms with Crippen LogP contribution in [0.25, 0.3) is 0 Å². The molecule has 2 amide bonds. The van der Waals surface area contributed by atoms with Gasteiger partial charge in [0.1, 0.15) is 0 Å². The van der Waals surface area contributed by atoms with Crippen molar-refractivity contribution in [3.05, 3.63) is 35.4 Å². The molecule has 2 rings (SSSR count). The van der Waals surface area contributed by atoms with Crippen molar-refractivity contribution in [1.82, 2.24) is 30.6 Å². The van der Waals surface area contributed by atoms with Crippen LogP contribution in [0.15, 0.2) is 12.7 Å². The molecule has 0 spiro atoms. The van der Waals surface area contributed by atoms with E-state index in [0.717, 1.165) is 45.8 Å². The van der Waals surface area contributed by atoms with Crippen LogP contribution in [0.2, 0.25) is 0 Å². The Morgan fingerprint density at radius 2 is 1.42 bits per heavy atom. The number of H-pyrrole nitrogens is 2. The van der Waals surface area contributed by atoms with Gasteiger partial charge in [-0.15, -0.1) is 0 Å². The highest BCUT2D eigenvalue weighted by atomic mass is 32.2. The van der Waals surface area contributed by atoms with Crippen LogP contribution in [0.4, 0.5) is 4.79 Å². The maximum Gasteiger partial charge on any atom is 0.314 e. The second-order valence-corrected chi connectivity index (χ2v) is 7.43. The summed E-state index contributed by atoms with van der Waals surface area (Å²) in [5.74, 6) is 3.52. The fraction of sp³-hybridized carbons (Fsp3) is 0.533. The van der Waals surface area contributed by atoms with Gasteiger partial charge in [0.15, 0.2) is 0 Å². The highest BCUT2D eigenvalue weighted by Gasteiger charge is 2.03. The van der Waals surface area contributed by atoms with Crippen molar-refractivity contribution in [2.75, 3.05) is 24.6 Å². The molecule has 24 heavy (non-hydrogen) atoms. The van der Waals surface area contributed by atoms with E-state index in [-0.39, 0.29) is 6.03 Å². The first-order valence-electron chi connectivity index (χ1n) is 7.81. The Balaban J connectivity index is 1.44. The van der Waals surface area contributed by atoms with Crippen molar-refractivity contribution in [2.45, 2.75) is 25.4 Å². The number of hydrogen-bond acceptors (Lipinski definition) is 5. The number of imidazole rings is 2. The summed E-state index contributed by atoms with van der Waals surface area (Å²) in [5.41, 5.74) is 4.37. The molecule has 132 valence electrons. The Labute approximate surface area is 150 Å². The van der Waals surface area contributed by atoms with Crippen LogP contribution in [0.1, 0.15) is 22.8 Å². The van der Waals surface area contributed by atoms with Crippen LogP contribution >= 0.6 is 23.5 Å². The molecule has 0 aliphatic heterocycles. The van der Waals surface area contributed by atoms with Crippen molar-refractivity contribution in [1.29, 1.82) is 0 Å². The Morgan fingerprint density at radius 3 is 1.79 bits per heavy atom. The Morgan fingerprint density at radius 1 is 0.958 bits per heavy atom. The van der Waals surface area contributed by atoms with E-state index in [1.165, 1.54) is 0 Å². The van der Waals surface area contributed by atoms with E-state index >= 15 is 0 Å². The van der Waals surface area contributed by atoms with E-state index in [9.17, 15) is 4.79 Å². The first kappa shape index (κ1) is 18.7. The summed E-state index contributed by atoms with van der Waals surface area (Å²) in [6, 6.07) is -0.105. The fourth-order valence-electron chi connectivity index (χ4n) is 1.96. The summed E-state index contributed by atoms with van der Waals surface area (Å²) in [5, 5.41) is 5.74. The van der Waals surface area contributed by atoms with Gasteiger partial charge in [0.25, 0.3) is 0 Å². The largest absolute Gasteiger partial charge is 0.348 e. The number of aromatic amines is 2. The summed E-state index contributed by atoms with van der Waals surface area (Å²) in [6.07, 6.45) is 3.42. The van der Waals surface area contributed by atoms with Crippen LogP contribution in [0.5, 0.6) is 0 Å². The monoisotopic (exact) mass is 368 g/mol. The third-order valence-corrected chi connectivity index (χ3v) is 5.40. The fourth-order valence-corrected chi connectivity index (χ4v) is 3.73. The van der Waals surface area contributed by atoms with Gasteiger partial charge in [0.2, 0.25) is 0 Å². The molecule has 4 N–H and O–H groups in total. The van der Waals surface area contributed by atoms with E-state index < -0.39 is 0 Å². The number of aromatic nitrogens is 4. The highest BCUT2D eigenvalue weighted by Crippen LogP contribution is 2.12. The van der Waals surface area contributed by atoms with Crippen LogP contribution < -0.4 is 10.6 Å². The zero-order chi connectivity index (χ0) is 17.2. The molecule has 0 saturated carbocycles. The highest BCUT2D eigenvalue weighted by molar-refractivity contribution is 7.98. The lowest BCUT2D eigenvalue weighted by atomic mass is 10.4. The third kappa shape index (κ3) is 6.48. The van der Waals surface area contributed by atoms with Gasteiger partial charge in [-0.2, -0.15) is 23.5 Å². The topological polar surface area (TPSA) is 98.5 Å². The first-order valence-corrected chi connectivity index (χ1v) is 10.1. The number of amides is 2. The molecule has 0 radical (unpaired) electrons. The van der Waals surface area contributed by atoms with Crippen molar-refractivity contribution in [3.63, 3.8) is 0 Å². The summed E-state index contributed by atoms with van der Waals surface area (Å²) in [4.78, 5) is 26.2. The lowest BCUT2D eigenvalue weighted by Crippen LogP contribution is -2.37. The molecule has 0 aliphatic rings. The summed E-state index contributed by atoms with van der Waals surface area (Å²) in [6.45, 7) is 5.29. The molecule has 2 aromatic rings. The molecule has 0 fully saturated rings. The Hall–Kier alpha value is -1.61. The molecule has 0 aromatic carbocycles. The van der Waals surface area contributed by atoms with Gasteiger partial charge in [-0.25, -0.2) is 14.8 Å². The number of thioether (sulfide) groups is 2. The van der Waals surface area contributed by atoms with Gasteiger partial charge >= 0.3 is 6.03 Å². The molecule has 2 heterocycles. The molecular formula is C15H24N6OS2. The van der Waals surface area contributed by atoms with Crippen LogP contribution in [0, 0.1) is 13.8 Å². The van der Waals surface area contributed by atoms with E-state index in [1.807, 2.05) is 13.8 Å². The smallest absolute Gasteiger partial charge is 0.314 e. The van der Waals surface area contributed by atoms with Gasteiger partial charge in [-0.05, 0) is 13.8 Å². The maximum atomic E-state index is 11.7. The number of aryl methyl sites for hydroxylation is 2. The lowest BCUT2D eigenvalue weighted by Gasteiger charge is -2.07. The van der Waals surface area contributed by atoms with Gasteiger partial charge in [0, 0.05) is 47.5 Å². The Kier molecular flexibility index (Phi) is 8.03. The minimum absolute atomic E-state index is 0.105. The van der Waals surface area contributed by atoms with Gasteiger partial charge < -0.3 is 20.6 Å². The number of nitrogens with one attached hydrogen (secondary N) is 4. The van der Waals surface area contributed by atoms with Gasteiger partial charge in [-0.1, -0.05) is 0 Å². The molecule has 2 aromatic heterocycles. The van der Waals surface area contributed by atoms with Crippen LogP contribution in [-0.4, -0.2) is 50.6 Å². The number of carbonyl (C=O) groups is 1. The normalized spacial score (nSPS) is 10.8. The average molecular weight is 369 g/mol. The molecule has 0 saturated heterocycles. The zero-order valence-electron chi connectivity index (χ0n) is 14.0. The summed E-state index contributed by atoms with van der Waals surface area (Å²) in [7, 11) is 0. The average Bonchev–Trinajstić information content (AvgIpc) is 3.15. The zero-order valence-corrected chi connectivity index (χ0v) is 15.6. The van der Waals surface area contributed by atoms with E-state index in [2.05, 4.69) is 30.6 Å². The van der Waals surface area contributed by atoms with Crippen LogP contribution in [-0.2, 0) is 11.5 Å².